The van der Waals surface area contributed by atoms with Crippen molar-refractivity contribution in [1.82, 2.24) is 0 Å². The molecule has 0 fully saturated rings. The van der Waals surface area contributed by atoms with Crippen LogP contribution < -0.4 is 0 Å². The Kier molecular flexibility index (Phi) is 4.82. The van der Waals surface area contributed by atoms with Gasteiger partial charge in [-0.3, -0.25) is 4.79 Å². The van der Waals surface area contributed by atoms with E-state index >= 15 is 0 Å². The van der Waals surface area contributed by atoms with Crippen molar-refractivity contribution >= 4 is 6.29 Å². The lowest BCUT2D eigenvalue weighted by Gasteiger charge is -2.03. The number of rotatable bonds is 1. The molecule has 72 valence electrons. The van der Waals surface area contributed by atoms with Crippen molar-refractivity contribution in [3.63, 3.8) is 0 Å². The van der Waals surface area contributed by atoms with Gasteiger partial charge in [0.15, 0.2) is 0 Å². The molecule has 0 radical (unpaired) electrons. The zero-order valence-corrected chi connectivity index (χ0v) is 8.59. The van der Waals surface area contributed by atoms with Crippen molar-refractivity contribution in [2.24, 2.45) is 0 Å². The Bertz CT molecular complexity index is 290. The monoisotopic (exact) mass is 180 g/mol. The van der Waals surface area contributed by atoms with Gasteiger partial charge < -0.3 is 5.11 Å². The molecule has 0 saturated heterocycles. The molecule has 0 bridgehead atoms. The summed E-state index contributed by atoms with van der Waals surface area (Å²) in [5.74, 6) is 0.217. The molecule has 0 unspecified atom stereocenters. The van der Waals surface area contributed by atoms with Gasteiger partial charge in [0.25, 0.3) is 0 Å². The minimum atomic E-state index is 0.217. The summed E-state index contributed by atoms with van der Waals surface area (Å²) in [6.45, 7) is 7.53. The summed E-state index contributed by atoms with van der Waals surface area (Å²) in [6, 6.07) is 3.43. The largest absolute Gasteiger partial charge is 0.507 e. The highest BCUT2D eigenvalue weighted by Crippen LogP contribution is 2.22. The Morgan fingerprint density at radius 1 is 1.23 bits per heavy atom. The number of phenolic OH excluding ortho intramolecular Hbond substituents is 1. The first kappa shape index (κ1) is 11.7. The molecule has 2 nitrogen and oxygen atoms in total. The fourth-order valence-electron chi connectivity index (χ4n) is 0.979. The number of carbonyl (C=O) groups is 1. The minimum absolute atomic E-state index is 0.217. The third-order valence-electron chi connectivity index (χ3n) is 1.80. The minimum Gasteiger partial charge on any atom is -0.507 e. The van der Waals surface area contributed by atoms with Crippen molar-refractivity contribution in [2.75, 3.05) is 0 Å². The van der Waals surface area contributed by atoms with Crippen LogP contribution in [-0.2, 0) is 0 Å². The van der Waals surface area contributed by atoms with E-state index < -0.39 is 0 Å². The molecule has 1 N–H and O–H groups in total. The molecule has 0 amide bonds. The molecule has 0 saturated carbocycles. The third kappa shape index (κ3) is 2.58. The van der Waals surface area contributed by atoms with E-state index in [2.05, 4.69) is 0 Å². The number of hydrogen-bond acceptors (Lipinski definition) is 2. The van der Waals surface area contributed by atoms with Gasteiger partial charge in [-0.1, -0.05) is 26.0 Å². The van der Waals surface area contributed by atoms with Crippen molar-refractivity contribution in [2.45, 2.75) is 27.7 Å². The average molecular weight is 180 g/mol. The second-order valence-electron chi connectivity index (χ2n) is 2.56. The highest BCUT2D eigenvalue weighted by atomic mass is 16.3. The predicted octanol–water partition coefficient (Wildman–Crippen LogP) is 2.85. The van der Waals surface area contributed by atoms with Crippen LogP contribution in [0.5, 0.6) is 5.75 Å². The summed E-state index contributed by atoms with van der Waals surface area (Å²) in [7, 11) is 0. The molecule has 0 heterocycles. The van der Waals surface area contributed by atoms with Gasteiger partial charge in [-0.2, -0.15) is 0 Å². The Morgan fingerprint density at radius 2 is 1.77 bits per heavy atom. The van der Waals surface area contributed by atoms with Crippen LogP contribution in [0.3, 0.4) is 0 Å². The molecular formula is C11H16O2. The highest BCUT2D eigenvalue weighted by molar-refractivity contribution is 5.78. The van der Waals surface area contributed by atoms with E-state index in [4.69, 9.17) is 0 Å². The fourth-order valence-corrected chi connectivity index (χ4v) is 0.979. The lowest BCUT2D eigenvalue weighted by molar-refractivity contribution is 0.112. The van der Waals surface area contributed by atoms with Crippen LogP contribution in [0.2, 0.25) is 0 Å². The van der Waals surface area contributed by atoms with Crippen molar-refractivity contribution < 1.29 is 9.90 Å². The van der Waals surface area contributed by atoms with Crippen LogP contribution in [0.1, 0.15) is 35.3 Å². The highest BCUT2D eigenvalue weighted by Gasteiger charge is 2.03. The molecule has 13 heavy (non-hydrogen) atoms. The predicted molar refractivity (Wildman–Crippen MR) is 54.3 cm³/mol. The van der Waals surface area contributed by atoms with Crippen molar-refractivity contribution in [3.8, 4) is 5.75 Å². The molecule has 0 aromatic heterocycles. The Balaban J connectivity index is 0.000000671. The van der Waals surface area contributed by atoms with E-state index in [1.807, 2.05) is 13.8 Å². The van der Waals surface area contributed by atoms with Gasteiger partial charge >= 0.3 is 0 Å². The van der Waals surface area contributed by atoms with Gasteiger partial charge in [-0.15, -0.1) is 0 Å². The Morgan fingerprint density at radius 3 is 2.23 bits per heavy atom. The third-order valence-corrected chi connectivity index (χ3v) is 1.80. The summed E-state index contributed by atoms with van der Waals surface area (Å²) < 4.78 is 0. The molecule has 0 atom stereocenters. The molecule has 0 spiro atoms. The number of aldehydes is 1. The maximum atomic E-state index is 10.4. The van der Waals surface area contributed by atoms with E-state index in [1.165, 1.54) is 0 Å². The summed E-state index contributed by atoms with van der Waals surface area (Å²) in [4.78, 5) is 10.4. The SMILES string of the molecule is CC.Cc1ccc(C=O)c(C)c1O. The van der Waals surface area contributed by atoms with Gasteiger partial charge in [0.2, 0.25) is 0 Å². The number of phenols is 1. The molecule has 0 aliphatic rings. The van der Waals surface area contributed by atoms with E-state index in [0.717, 1.165) is 11.8 Å². The number of hydrogen-bond donors (Lipinski definition) is 1. The zero-order valence-electron chi connectivity index (χ0n) is 8.59. The first-order valence-electron chi connectivity index (χ1n) is 4.41. The second kappa shape index (κ2) is 5.36. The number of aromatic hydroxyl groups is 1. The molecule has 1 rings (SSSR count). The van der Waals surface area contributed by atoms with Crippen LogP contribution in [-0.4, -0.2) is 11.4 Å². The van der Waals surface area contributed by atoms with Gasteiger partial charge in [0.1, 0.15) is 12.0 Å². The molecule has 1 aromatic carbocycles. The van der Waals surface area contributed by atoms with Crippen LogP contribution in [0, 0.1) is 13.8 Å². The lowest BCUT2D eigenvalue weighted by Crippen LogP contribution is -1.88. The topological polar surface area (TPSA) is 37.3 Å². The normalized spacial score (nSPS) is 8.62. The number of benzene rings is 1. The fraction of sp³-hybridized carbons (Fsp3) is 0.364. The first-order chi connectivity index (χ1) is 6.16. The summed E-state index contributed by atoms with van der Waals surface area (Å²) in [6.07, 6.45) is 0.745. The number of aryl methyl sites for hydroxylation is 1. The van der Waals surface area contributed by atoms with Crippen LogP contribution in [0.25, 0.3) is 0 Å². The summed E-state index contributed by atoms with van der Waals surface area (Å²) >= 11 is 0. The Labute approximate surface area is 79.2 Å². The lowest BCUT2D eigenvalue weighted by atomic mass is 10.1. The van der Waals surface area contributed by atoms with Crippen LogP contribution >= 0.6 is 0 Å². The van der Waals surface area contributed by atoms with Gasteiger partial charge in [-0.05, 0) is 19.4 Å². The molecule has 2 heteroatoms. The maximum Gasteiger partial charge on any atom is 0.150 e. The van der Waals surface area contributed by atoms with E-state index in [1.54, 1.807) is 26.0 Å². The van der Waals surface area contributed by atoms with Crippen LogP contribution in [0.4, 0.5) is 0 Å². The zero-order chi connectivity index (χ0) is 10.4. The summed E-state index contributed by atoms with van der Waals surface area (Å²) in [5.41, 5.74) is 2.00. The van der Waals surface area contributed by atoms with Crippen molar-refractivity contribution in [1.29, 1.82) is 0 Å². The molecule has 0 aliphatic carbocycles. The molecular weight excluding hydrogens is 164 g/mol. The average Bonchev–Trinajstić information content (AvgIpc) is 2.18. The molecule has 0 aliphatic heterocycles. The van der Waals surface area contributed by atoms with Gasteiger partial charge in [-0.25, -0.2) is 0 Å². The van der Waals surface area contributed by atoms with Gasteiger partial charge in [0, 0.05) is 11.1 Å². The first-order valence-corrected chi connectivity index (χ1v) is 4.41. The smallest absolute Gasteiger partial charge is 0.150 e. The van der Waals surface area contributed by atoms with Gasteiger partial charge in [0.05, 0.1) is 0 Å². The van der Waals surface area contributed by atoms with Crippen LogP contribution in [0.15, 0.2) is 12.1 Å². The summed E-state index contributed by atoms with van der Waals surface area (Å²) in [5, 5.41) is 9.36. The quantitative estimate of drug-likeness (QED) is 0.675. The maximum absolute atomic E-state index is 10.4. The van der Waals surface area contributed by atoms with E-state index in [0.29, 0.717) is 11.1 Å². The Hall–Kier alpha value is -1.31. The van der Waals surface area contributed by atoms with Crippen molar-refractivity contribution in [3.05, 3.63) is 28.8 Å². The van der Waals surface area contributed by atoms with E-state index in [9.17, 15) is 9.90 Å². The standard InChI is InChI=1S/C9H10O2.C2H6/c1-6-3-4-8(5-10)7(2)9(6)11;1-2/h3-5,11H,1-2H3;1-2H3. The van der Waals surface area contributed by atoms with E-state index in [-0.39, 0.29) is 5.75 Å². The molecule has 1 aromatic rings. The second-order valence-corrected chi connectivity index (χ2v) is 2.56. The number of carbonyl (C=O) groups excluding carboxylic acids is 1.